The third-order valence-electron chi connectivity index (χ3n) is 4.93. The van der Waals surface area contributed by atoms with Gasteiger partial charge in [0, 0.05) is 6.07 Å². The lowest BCUT2D eigenvalue weighted by Crippen LogP contribution is -2.24. The lowest BCUT2D eigenvalue weighted by Gasteiger charge is -2.33. The van der Waals surface area contributed by atoms with Gasteiger partial charge in [0.2, 0.25) is 0 Å². The van der Waals surface area contributed by atoms with Crippen molar-refractivity contribution in [2.75, 3.05) is 0 Å². The molecule has 0 saturated heterocycles. The molecule has 22 heavy (non-hydrogen) atoms. The summed E-state index contributed by atoms with van der Waals surface area (Å²) in [5.74, 6) is 0.827. The highest BCUT2D eigenvalue weighted by atomic mass is 16.5. The third kappa shape index (κ3) is 2.75. The molecule has 2 heteroatoms. The van der Waals surface area contributed by atoms with Gasteiger partial charge in [0.25, 0.3) is 0 Å². The molecule has 0 fully saturated rings. The van der Waals surface area contributed by atoms with Gasteiger partial charge in [-0.25, -0.2) is 0 Å². The van der Waals surface area contributed by atoms with Gasteiger partial charge in [-0.15, -0.1) is 0 Å². The zero-order chi connectivity index (χ0) is 15.7. The Kier molecular flexibility index (Phi) is 3.94. The van der Waals surface area contributed by atoms with Gasteiger partial charge in [0.15, 0.2) is 5.76 Å². The van der Waals surface area contributed by atoms with Crippen molar-refractivity contribution in [3.05, 3.63) is 52.4 Å². The maximum atomic E-state index is 5.25. The first-order valence-corrected chi connectivity index (χ1v) is 8.27. The average Bonchev–Trinajstić information content (AvgIpc) is 2.97. The Labute approximate surface area is 133 Å². The average molecular weight is 295 g/mol. The van der Waals surface area contributed by atoms with E-state index in [9.17, 15) is 0 Å². The summed E-state index contributed by atoms with van der Waals surface area (Å²) in [5, 5.41) is 3.80. The molecule has 1 aromatic carbocycles. The van der Waals surface area contributed by atoms with Crippen LogP contribution in [0.5, 0.6) is 0 Å². The van der Waals surface area contributed by atoms with Crippen LogP contribution < -0.4 is 0 Å². The number of allylic oxidation sites excluding steroid dienone is 1. The first-order valence-electron chi connectivity index (χ1n) is 8.27. The Balaban J connectivity index is 2.11. The summed E-state index contributed by atoms with van der Waals surface area (Å²) in [4.78, 5) is 0. The maximum absolute atomic E-state index is 5.25. The smallest absolute Gasteiger partial charge is 0.159 e. The molecule has 0 atom stereocenters. The van der Waals surface area contributed by atoms with Gasteiger partial charge >= 0.3 is 0 Å². The van der Waals surface area contributed by atoms with E-state index in [1.165, 1.54) is 47.1 Å². The number of aryl methyl sites for hydroxylation is 2. The Bertz CT molecular complexity index is 693. The molecule has 1 aliphatic rings. The molecule has 3 rings (SSSR count). The van der Waals surface area contributed by atoms with E-state index >= 15 is 0 Å². The van der Waals surface area contributed by atoms with Gasteiger partial charge in [0.1, 0.15) is 0 Å². The molecule has 0 aliphatic heterocycles. The number of rotatable bonds is 3. The number of hydrogen-bond acceptors (Lipinski definition) is 2. The molecule has 0 amide bonds. The van der Waals surface area contributed by atoms with Gasteiger partial charge < -0.3 is 4.52 Å². The second-order valence-electron chi connectivity index (χ2n) is 7.00. The summed E-state index contributed by atoms with van der Waals surface area (Å²) in [6.07, 6.45) is 8.59. The van der Waals surface area contributed by atoms with E-state index in [0.717, 1.165) is 12.2 Å². The molecule has 2 aromatic rings. The van der Waals surface area contributed by atoms with Crippen molar-refractivity contribution < 1.29 is 4.52 Å². The summed E-state index contributed by atoms with van der Waals surface area (Å²) in [6.45, 7) is 9.17. The van der Waals surface area contributed by atoms with E-state index in [1.807, 2.05) is 6.07 Å². The highest BCUT2D eigenvalue weighted by Gasteiger charge is 2.28. The molecular formula is C20H25NO. The van der Waals surface area contributed by atoms with Crippen LogP contribution in [0.1, 0.15) is 68.0 Å². The molecule has 0 spiro atoms. The molecule has 1 heterocycles. The topological polar surface area (TPSA) is 26.0 Å². The van der Waals surface area contributed by atoms with E-state index in [0.29, 0.717) is 0 Å². The molecule has 0 unspecified atom stereocenters. The number of fused-ring (bicyclic) bond motifs is 1. The Morgan fingerprint density at radius 2 is 2.18 bits per heavy atom. The summed E-state index contributed by atoms with van der Waals surface area (Å²) in [5.41, 5.74) is 7.38. The van der Waals surface area contributed by atoms with Gasteiger partial charge in [-0.1, -0.05) is 38.1 Å². The fourth-order valence-corrected chi connectivity index (χ4v) is 3.65. The zero-order valence-electron chi connectivity index (χ0n) is 14.1. The van der Waals surface area contributed by atoms with Gasteiger partial charge in [0.05, 0.1) is 6.20 Å². The third-order valence-corrected chi connectivity index (χ3v) is 4.93. The number of benzene rings is 1. The summed E-state index contributed by atoms with van der Waals surface area (Å²) < 4.78 is 5.25. The highest BCUT2D eigenvalue weighted by Crippen LogP contribution is 2.39. The molecule has 1 aromatic heterocycles. The predicted molar refractivity (Wildman–Crippen MR) is 91.8 cm³/mol. The summed E-state index contributed by atoms with van der Waals surface area (Å²) in [6, 6.07) is 6.73. The molecule has 116 valence electrons. The van der Waals surface area contributed by atoms with Gasteiger partial charge in [-0.3, -0.25) is 0 Å². The van der Waals surface area contributed by atoms with Crippen molar-refractivity contribution in [3.63, 3.8) is 0 Å². The van der Waals surface area contributed by atoms with E-state index in [2.05, 4.69) is 51.1 Å². The number of hydrogen-bond donors (Lipinski definition) is 0. The summed E-state index contributed by atoms with van der Waals surface area (Å²) in [7, 11) is 0. The van der Waals surface area contributed by atoms with Crippen LogP contribution in [0.25, 0.3) is 11.6 Å². The molecule has 0 saturated carbocycles. The zero-order valence-corrected chi connectivity index (χ0v) is 14.1. The van der Waals surface area contributed by atoms with Crippen LogP contribution in [0, 0.1) is 6.92 Å². The van der Waals surface area contributed by atoms with Gasteiger partial charge in [-0.05, 0) is 71.9 Å². The van der Waals surface area contributed by atoms with Crippen molar-refractivity contribution in [3.8, 4) is 0 Å². The van der Waals surface area contributed by atoms with Crippen LogP contribution in [0.4, 0.5) is 0 Å². The first kappa shape index (κ1) is 15.1. The second-order valence-corrected chi connectivity index (χ2v) is 7.00. The van der Waals surface area contributed by atoms with Crippen LogP contribution in [-0.4, -0.2) is 5.16 Å². The van der Waals surface area contributed by atoms with Gasteiger partial charge in [-0.2, -0.15) is 0 Å². The van der Waals surface area contributed by atoms with Crippen LogP contribution in [0.3, 0.4) is 0 Å². The van der Waals surface area contributed by atoms with Crippen molar-refractivity contribution in [1.82, 2.24) is 5.16 Å². The lowest BCUT2D eigenvalue weighted by atomic mass is 9.71. The highest BCUT2D eigenvalue weighted by molar-refractivity contribution is 5.82. The first-order chi connectivity index (χ1) is 10.5. The quantitative estimate of drug-likeness (QED) is 0.742. The normalized spacial score (nSPS) is 17.4. The van der Waals surface area contributed by atoms with Crippen molar-refractivity contribution in [2.24, 2.45) is 0 Å². The predicted octanol–water partition coefficient (Wildman–Crippen LogP) is 5.55. The maximum Gasteiger partial charge on any atom is 0.159 e. The Morgan fingerprint density at radius 1 is 1.36 bits per heavy atom. The van der Waals surface area contributed by atoms with E-state index in [1.54, 1.807) is 6.20 Å². The van der Waals surface area contributed by atoms with Crippen molar-refractivity contribution >= 4 is 11.6 Å². The molecular weight excluding hydrogens is 270 g/mol. The van der Waals surface area contributed by atoms with E-state index in [4.69, 9.17) is 4.52 Å². The van der Waals surface area contributed by atoms with Crippen LogP contribution in [0.15, 0.2) is 28.9 Å². The molecule has 0 N–H and O–H groups in total. The second kappa shape index (κ2) is 5.75. The number of nitrogens with zero attached hydrogens (tertiary/aromatic N) is 1. The van der Waals surface area contributed by atoms with Crippen LogP contribution in [-0.2, 0) is 11.8 Å². The summed E-state index contributed by atoms with van der Waals surface area (Å²) >= 11 is 0. The largest absolute Gasteiger partial charge is 0.357 e. The van der Waals surface area contributed by atoms with Crippen LogP contribution in [0.2, 0.25) is 0 Å². The lowest BCUT2D eigenvalue weighted by molar-refractivity contribution is 0.413. The van der Waals surface area contributed by atoms with E-state index in [-0.39, 0.29) is 5.41 Å². The standard InChI is InChI=1S/C20H25NO/c1-5-15(12-17-8-10-21-22-17)18-13-19-16(11-14(18)2)7-6-9-20(19,3)4/h8,10-13H,5-7,9H2,1-4H3. The SMILES string of the molecule is CCC(=Cc1ccno1)c1cc2c(cc1C)CCCC2(C)C. The minimum atomic E-state index is 0.279. The molecule has 0 bridgehead atoms. The minimum absolute atomic E-state index is 0.279. The monoisotopic (exact) mass is 295 g/mol. The van der Waals surface area contributed by atoms with Crippen molar-refractivity contribution in [1.29, 1.82) is 0 Å². The van der Waals surface area contributed by atoms with Crippen molar-refractivity contribution in [2.45, 2.75) is 58.8 Å². The molecule has 0 radical (unpaired) electrons. The Hall–Kier alpha value is -1.83. The molecule has 1 aliphatic carbocycles. The van der Waals surface area contributed by atoms with Crippen LogP contribution >= 0.6 is 0 Å². The fraction of sp³-hybridized carbons (Fsp3) is 0.450. The molecule has 2 nitrogen and oxygen atoms in total. The minimum Gasteiger partial charge on any atom is -0.357 e. The fourth-order valence-electron chi connectivity index (χ4n) is 3.65. The number of aromatic nitrogens is 1. The van der Waals surface area contributed by atoms with E-state index < -0.39 is 0 Å². The Morgan fingerprint density at radius 3 is 2.86 bits per heavy atom.